The van der Waals surface area contributed by atoms with Crippen molar-refractivity contribution in [2.45, 2.75) is 25.8 Å². The van der Waals surface area contributed by atoms with Crippen molar-refractivity contribution >= 4 is 5.95 Å². The van der Waals surface area contributed by atoms with Crippen LogP contribution in [0, 0.1) is 6.92 Å². The predicted molar refractivity (Wildman–Crippen MR) is 67.6 cm³/mol. The van der Waals surface area contributed by atoms with Crippen molar-refractivity contribution in [3.63, 3.8) is 0 Å². The molecule has 2 rings (SSSR count). The fourth-order valence-corrected chi connectivity index (χ4v) is 1.62. The van der Waals surface area contributed by atoms with Gasteiger partial charge in [-0.1, -0.05) is 0 Å². The van der Waals surface area contributed by atoms with Gasteiger partial charge in [0, 0.05) is 37.9 Å². The average Bonchev–Trinajstić information content (AvgIpc) is 3.12. The first-order valence-corrected chi connectivity index (χ1v) is 6.03. The van der Waals surface area contributed by atoms with E-state index in [1.807, 2.05) is 24.9 Å². The topological polar surface area (TPSA) is 50.3 Å². The number of nitrogens with zero attached hydrogens (tertiary/aromatic N) is 3. The molecule has 1 aromatic heterocycles. The Morgan fingerprint density at radius 1 is 1.47 bits per heavy atom. The second-order valence-corrected chi connectivity index (χ2v) is 4.50. The first kappa shape index (κ1) is 12.1. The standard InChI is InChI=1S/C12H20N4O/c1-9-8-11(17-3)15-12(14-9)16(2)7-6-13-10-4-5-10/h8,10,13H,4-7H2,1-3H3. The van der Waals surface area contributed by atoms with Gasteiger partial charge in [0.05, 0.1) is 7.11 Å². The Morgan fingerprint density at radius 2 is 2.24 bits per heavy atom. The van der Waals surface area contributed by atoms with Crippen LogP contribution in [-0.2, 0) is 0 Å². The molecule has 0 saturated heterocycles. The van der Waals surface area contributed by atoms with Crippen molar-refractivity contribution in [1.82, 2.24) is 15.3 Å². The van der Waals surface area contributed by atoms with Crippen molar-refractivity contribution < 1.29 is 4.74 Å². The molecular weight excluding hydrogens is 216 g/mol. The number of aryl methyl sites for hydroxylation is 1. The highest BCUT2D eigenvalue weighted by Gasteiger charge is 2.20. The molecule has 1 aliphatic rings. The second-order valence-electron chi connectivity index (χ2n) is 4.50. The monoisotopic (exact) mass is 236 g/mol. The molecule has 17 heavy (non-hydrogen) atoms. The Labute approximate surface area is 102 Å². The summed E-state index contributed by atoms with van der Waals surface area (Å²) in [4.78, 5) is 10.8. The van der Waals surface area contributed by atoms with E-state index in [0.29, 0.717) is 5.88 Å². The van der Waals surface area contributed by atoms with Gasteiger partial charge in [-0.05, 0) is 19.8 Å². The molecule has 5 nitrogen and oxygen atoms in total. The number of likely N-dealkylation sites (N-methyl/N-ethyl adjacent to an activating group) is 1. The van der Waals surface area contributed by atoms with Gasteiger partial charge in [-0.15, -0.1) is 0 Å². The van der Waals surface area contributed by atoms with E-state index in [4.69, 9.17) is 4.74 Å². The number of ether oxygens (including phenoxy) is 1. The van der Waals surface area contributed by atoms with Gasteiger partial charge in [-0.2, -0.15) is 4.98 Å². The lowest BCUT2D eigenvalue weighted by Gasteiger charge is -2.18. The van der Waals surface area contributed by atoms with Crippen LogP contribution >= 0.6 is 0 Å². The number of hydrogen-bond acceptors (Lipinski definition) is 5. The van der Waals surface area contributed by atoms with Crippen LogP contribution in [0.5, 0.6) is 5.88 Å². The minimum atomic E-state index is 0.620. The summed E-state index contributed by atoms with van der Waals surface area (Å²) in [5, 5.41) is 3.47. The number of methoxy groups -OCH3 is 1. The van der Waals surface area contributed by atoms with Gasteiger partial charge in [-0.3, -0.25) is 0 Å². The van der Waals surface area contributed by atoms with Crippen LogP contribution in [0.3, 0.4) is 0 Å². The molecule has 1 N–H and O–H groups in total. The summed E-state index contributed by atoms with van der Waals surface area (Å²) in [5.74, 6) is 1.34. The van der Waals surface area contributed by atoms with Crippen molar-refractivity contribution in [3.05, 3.63) is 11.8 Å². The molecule has 1 aliphatic carbocycles. The maximum Gasteiger partial charge on any atom is 0.228 e. The molecule has 0 aromatic carbocycles. The lowest BCUT2D eigenvalue weighted by molar-refractivity contribution is 0.396. The highest BCUT2D eigenvalue weighted by Crippen LogP contribution is 2.18. The van der Waals surface area contributed by atoms with E-state index in [1.165, 1.54) is 12.8 Å². The van der Waals surface area contributed by atoms with Crippen LogP contribution in [0.25, 0.3) is 0 Å². The summed E-state index contributed by atoms with van der Waals surface area (Å²) >= 11 is 0. The highest BCUT2D eigenvalue weighted by molar-refractivity contribution is 5.33. The molecule has 0 atom stereocenters. The zero-order valence-corrected chi connectivity index (χ0v) is 10.7. The van der Waals surface area contributed by atoms with Gasteiger partial charge in [0.25, 0.3) is 0 Å². The van der Waals surface area contributed by atoms with Crippen LogP contribution in [0.1, 0.15) is 18.5 Å². The fraction of sp³-hybridized carbons (Fsp3) is 0.667. The number of aromatic nitrogens is 2. The third-order valence-electron chi connectivity index (χ3n) is 2.83. The average molecular weight is 236 g/mol. The summed E-state index contributed by atoms with van der Waals surface area (Å²) < 4.78 is 5.15. The van der Waals surface area contributed by atoms with Crippen LogP contribution in [0.4, 0.5) is 5.95 Å². The van der Waals surface area contributed by atoms with Gasteiger partial charge in [0.2, 0.25) is 11.8 Å². The SMILES string of the molecule is COc1cc(C)nc(N(C)CCNC2CC2)n1. The summed E-state index contributed by atoms with van der Waals surface area (Å²) in [5.41, 5.74) is 0.925. The zero-order valence-electron chi connectivity index (χ0n) is 10.7. The van der Waals surface area contributed by atoms with E-state index in [9.17, 15) is 0 Å². The van der Waals surface area contributed by atoms with Crippen LogP contribution < -0.4 is 15.0 Å². The van der Waals surface area contributed by atoms with Crippen LogP contribution in [0.2, 0.25) is 0 Å². The molecule has 1 heterocycles. The van der Waals surface area contributed by atoms with Crippen molar-refractivity contribution in [2.75, 3.05) is 32.1 Å². The van der Waals surface area contributed by atoms with E-state index in [2.05, 4.69) is 15.3 Å². The first-order valence-electron chi connectivity index (χ1n) is 6.03. The Kier molecular flexibility index (Phi) is 3.78. The summed E-state index contributed by atoms with van der Waals surface area (Å²) in [7, 11) is 3.63. The smallest absolute Gasteiger partial charge is 0.228 e. The van der Waals surface area contributed by atoms with Crippen molar-refractivity contribution in [1.29, 1.82) is 0 Å². The summed E-state index contributed by atoms with van der Waals surface area (Å²) in [6, 6.07) is 2.58. The van der Waals surface area contributed by atoms with Crippen LogP contribution in [0.15, 0.2) is 6.07 Å². The molecule has 0 amide bonds. The lowest BCUT2D eigenvalue weighted by Crippen LogP contribution is -2.31. The Bertz CT molecular complexity index is 379. The van der Waals surface area contributed by atoms with E-state index in [-0.39, 0.29) is 0 Å². The third kappa shape index (κ3) is 3.56. The van der Waals surface area contributed by atoms with E-state index in [1.54, 1.807) is 7.11 Å². The molecule has 0 radical (unpaired) electrons. The van der Waals surface area contributed by atoms with Crippen LogP contribution in [-0.4, -0.2) is 43.3 Å². The molecule has 5 heteroatoms. The number of hydrogen-bond donors (Lipinski definition) is 1. The van der Waals surface area contributed by atoms with Gasteiger partial charge >= 0.3 is 0 Å². The van der Waals surface area contributed by atoms with E-state index < -0.39 is 0 Å². The third-order valence-corrected chi connectivity index (χ3v) is 2.83. The summed E-state index contributed by atoms with van der Waals surface area (Å²) in [6.07, 6.45) is 2.64. The normalized spacial score (nSPS) is 14.8. The summed E-state index contributed by atoms with van der Waals surface area (Å²) in [6.45, 7) is 3.83. The number of nitrogens with one attached hydrogen (secondary N) is 1. The number of anilines is 1. The van der Waals surface area contributed by atoms with Crippen molar-refractivity contribution in [2.24, 2.45) is 0 Å². The molecule has 94 valence electrons. The van der Waals surface area contributed by atoms with E-state index >= 15 is 0 Å². The molecule has 0 aliphatic heterocycles. The Balaban J connectivity index is 1.91. The quantitative estimate of drug-likeness (QED) is 0.798. The highest BCUT2D eigenvalue weighted by atomic mass is 16.5. The van der Waals surface area contributed by atoms with Crippen molar-refractivity contribution in [3.8, 4) is 5.88 Å². The fourth-order valence-electron chi connectivity index (χ4n) is 1.62. The van der Waals surface area contributed by atoms with Gasteiger partial charge < -0.3 is 15.0 Å². The van der Waals surface area contributed by atoms with Gasteiger partial charge in [-0.25, -0.2) is 4.98 Å². The largest absolute Gasteiger partial charge is 0.481 e. The maximum atomic E-state index is 5.15. The molecule has 1 aromatic rings. The minimum Gasteiger partial charge on any atom is -0.481 e. The molecular formula is C12H20N4O. The predicted octanol–water partition coefficient (Wildman–Crippen LogP) is 0.982. The minimum absolute atomic E-state index is 0.620. The molecule has 1 saturated carbocycles. The Hall–Kier alpha value is -1.36. The first-order chi connectivity index (χ1) is 8.19. The van der Waals surface area contributed by atoms with E-state index in [0.717, 1.165) is 30.8 Å². The zero-order chi connectivity index (χ0) is 12.3. The maximum absolute atomic E-state index is 5.15. The Morgan fingerprint density at radius 3 is 2.88 bits per heavy atom. The molecule has 0 bridgehead atoms. The number of rotatable bonds is 6. The molecule has 1 fully saturated rings. The van der Waals surface area contributed by atoms with Gasteiger partial charge in [0.1, 0.15) is 0 Å². The second kappa shape index (κ2) is 5.31. The molecule has 0 unspecified atom stereocenters. The van der Waals surface area contributed by atoms with Gasteiger partial charge in [0.15, 0.2) is 0 Å². The molecule has 0 spiro atoms. The lowest BCUT2D eigenvalue weighted by atomic mass is 10.4.